The van der Waals surface area contributed by atoms with Gasteiger partial charge in [-0.25, -0.2) is 0 Å². The van der Waals surface area contributed by atoms with Gasteiger partial charge in [0.2, 0.25) is 0 Å². The lowest BCUT2D eigenvalue weighted by Gasteiger charge is -2.31. The van der Waals surface area contributed by atoms with Crippen molar-refractivity contribution >= 4 is 11.8 Å². The van der Waals surface area contributed by atoms with Gasteiger partial charge in [-0.1, -0.05) is 30.3 Å². The third kappa shape index (κ3) is 2.39. The molecule has 0 aromatic heterocycles. The maximum atomic E-state index is 12.3. The Bertz CT molecular complexity index is 787. The van der Waals surface area contributed by atoms with Gasteiger partial charge in [0.15, 0.2) is 5.72 Å². The number of hydrogen-bond acceptors (Lipinski definition) is 3. The molecule has 5 heteroatoms. The number of carbonyl (C=O) groups excluding carboxylic acids is 2. The SMILES string of the molecule is CNC(=O)c1cccc(CC2(O)c3ccccc3C(=O)N2C)c1. The highest BCUT2D eigenvalue weighted by molar-refractivity contribution is 5.99. The maximum Gasteiger partial charge on any atom is 0.256 e. The van der Waals surface area contributed by atoms with Crippen LogP contribution in [0, 0.1) is 0 Å². The summed E-state index contributed by atoms with van der Waals surface area (Å²) in [4.78, 5) is 25.4. The molecule has 2 amide bonds. The summed E-state index contributed by atoms with van der Waals surface area (Å²) in [7, 11) is 3.16. The van der Waals surface area contributed by atoms with E-state index in [1.165, 1.54) is 4.90 Å². The second-order valence-electron chi connectivity index (χ2n) is 5.68. The molecule has 0 bridgehead atoms. The molecular weight excluding hydrogens is 292 g/mol. The molecule has 0 spiro atoms. The van der Waals surface area contributed by atoms with Crippen LogP contribution in [-0.2, 0) is 12.1 Å². The number of hydrogen-bond donors (Lipinski definition) is 2. The van der Waals surface area contributed by atoms with Gasteiger partial charge in [-0.15, -0.1) is 0 Å². The second kappa shape index (κ2) is 5.52. The highest BCUT2D eigenvalue weighted by atomic mass is 16.3. The fourth-order valence-corrected chi connectivity index (χ4v) is 3.01. The third-order valence-corrected chi connectivity index (χ3v) is 4.32. The normalized spacial score (nSPS) is 19.6. The van der Waals surface area contributed by atoms with Gasteiger partial charge in [-0.3, -0.25) is 9.59 Å². The van der Waals surface area contributed by atoms with Crippen molar-refractivity contribution in [2.45, 2.75) is 12.1 Å². The highest BCUT2D eigenvalue weighted by Gasteiger charge is 2.46. The van der Waals surface area contributed by atoms with Gasteiger partial charge in [-0.05, 0) is 23.8 Å². The molecule has 5 nitrogen and oxygen atoms in total. The van der Waals surface area contributed by atoms with Crippen LogP contribution in [0.3, 0.4) is 0 Å². The van der Waals surface area contributed by atoms with E-state index in [0.29, 0.717) is 16.7 Å². The number of carbonyl (C=O) groups is 2. The van der Waals surface area contributed by atoms with Crippen molar-refractivity contribution in [1.29, 1.82) is 0 Å². The minimum Gasteiger partial charge on any atom is -0.366 e. The Balaban J connectivity index is 1.99. The largest absolute Gasteiger partial charge is 0.366 e. The Kier molecular flexibility index (Phi) is 3.66. The molecule has 1 aliphatic heterocycles. The van der Waals surface area contributed by atoms with E-state index in [0.717, 1.165) is 5.56 Å². The molecular formula is C18H18N2O3. The molecule has 2 aromatic rings. The van der Waals surface area contributed by atoms with Crippen molar-refractivity contribution in [2.24, 2.45) is 0 Å². The maximum absolute atomic E-state index is 12.3. The summed E-state index contributed by atoms with van der Waals surface area (Å²) < 4.78 is 0. The number of rotatable bonds is 3. The van der Waals surface area contributed by atoms with Crippen molar-refractivity contribution in [3.8, 4) is 0 Å². The monoisotopic (exact) mass is 310 g/mol. The van der Waals surface area contributed by atoms with E-state index in [-0.39, 0.29) is 18.2 Å². The number of aliphatic hydroxyl groups is 1. The molecule has 0 aliphatic carbocycles. The summed E-state index contributed by atoms with van der Waals surface area (Å²) >= 11 is 0. The molecule has 1 aliphatic rings. The number of amides is 2. The van der Waals surface area contributed by atoms with E-state index in [2.05, 4.69) is 5.32 Å². The van der Waals surface area contributed by atoms with Crippen LogP contribution in [0.15, 0.2) is 48.5 Å². The molecule has 118 valence electrons. The number of likely N-dealkylation sites (N-methyl/N-ethyl adjacent to an activating group) is 1. The zero-order valence-corrected chi connectivity index (χ0v) is 13.0. The minimum atomic E-state index is -1.41. The quantitative estimate of drug-likeness (QED) is 0.903. The van der Waals surface area contributed by atoms with Crippen molar-refractivity contribution in [3.05, 3.63) is 70.8 Å². The Labute approximate surface area is 134 Å². The molecule has 2 N–H and O–H groups in total. The predicted molar refractivity (Wildman–Crippen MR) is 86.0 cm³/mol. The van der Waals surface area contributed by atoms with Crippen molar-refractivity contribution in [3.63, 3.8) is 0 Å². The zero-order chi connectivity index (χ0) is 16.6. The summed E-state index contributed by atoms with van der Waals surface area (Å²) in [6, 6.07) is 14.1. The zero-order valence-electron chi connectivity index (χ0n) is 13.0. The third-order valence-electron chi connectivity index (χ3n) is 4.32. The standard InChI is InChI=1S/C18H18N2O3/c1-19-16(21)13-7-5-6-12(10-13)11-18(23)15-9-4-3-8-14(15)17(22)20(18)2/h3-10,23H,11H2,1-2H3,(H,19,21). The van der Waals surface area contributed by atoms with Gasteiger partial charge in [0.25, 0.3) is 11.8 Å². The molecule has 0 saturated heterocycles. The summed E-state index contributed by atoms with van der Waals surface area (Å²) in [5, 5.41) is 13.7. The number of nitrogens with zero attached hydrogens (tertiary/aromatic N) is 1. The first-order chi connectivity index (χ1) is 11.0. The van der Waals surface area contributed by atoms with Crippen molar-refractivity contribution < 1.29 is 14.7 Å². The van der Waals surface area contributed by atoms with Gasteiger partial charge < -0.3 is 15.3 Å². The fraction of sp³-hybridized carbons (Fsp3) is 0.222. The summed E-state index contributed by atoms with van der Waals surface area (Å²) in [5.74, 6) is -0.388. The highest BCUT2D eigenvalue weighted by Crippen LogP contribution is 2.38. The first kappa shape index (κ1) is 15.2. The van der Waals surface area contributed by atoms with E-state index in [1.807, 2.05) is 6.07 Å². The van der Waals surface area contributed by atoms with Crippen LogP contribution in [-0.4, -0.2) is 35.9 Å². The minimum absolute atomic E-state index is 0.185. The summed E-state index contributed by atoms with van der Waals surface area (Å²) in [6.45, 7) is 0. The molecule has 23 heavy (non-hydrogen) atoms. The smallest absolute Gasteiger partial charge is 0.256 e. The molecule has 3 rings (SSSR count). The van der Waals surface area contributed by atoms with Crippen LogP contribution in [0.1, 0.15) is 31.8 Å². The van der Waals surface area contributed by atoms with Crippen LogP contribution < -0.4 is 5.32 Å². The molecule has 1 unspecified atom stereocenters. The lowest BCUT2D eigenvalue weighted by atomic mass is 9.93. The molecule has 0 saturated carbocycles. The van der Waals surface area contributed by atoms with Gasteiger partial charge >= 0.3 is 0 Å². The average Bonchev–Trinajstić information content (AvgIpc) is 2.77. The molecule has 0 radical (unpaired) electrons. The summed E-state index contributed by atoms with van der Waals surface area (Å²) in [6.07, 6.45) is 0.219. The Morgan fingerprint density at radius 2 is 1.96 bits per heavy atom. The van der Waals surface area contributed by atoms with E-state index in [1.54, 1.807) is 56.6 Å². The molecule has 0 fully saturated rings. The van der Waals surface area contributed by atoms with Crippen LogP contribution in [0.5, 0.6) is 0 Å². The molecule has 1 heterocycles. The first-order valence-corrected chi connectivity index (χ1v) is 7.38. The average molecular weight is 310 g/mol. The van der Waals surface area contributed by atoms with Crippen LogP contribution in [0.2, 0.25) is 0 Å². The van der Waals surface area contributed by atoms with Crippen LogP contribution in [0.25, 0.3) is 0 Å². The topological polar surface area (TPSA) is 69.6 Å². The van der Waals surface area contributed by atoms with Crippen molar-refractivity contribution in [1.82, 2.24) is 10.2 Å². The number of nitrogens with one attached hydrogen (secondary N) is 1. The second-order valence-corrected chi connectivity index (χ2v) is 5.68. The van der Waals surface area contributed by atoms with Gasteiger partial charge in [0.1, 0.15) is 0 Å². The van der Waals surface area contributed by atoms with E-state index >= 15 is 0 Å². The molecule has 2 aromatic carbocycles. The lowest BCUT2D eigenvalue weighted by molar-refractivity contribution is -0.0715. The van der Waals surface area contributed by atoms with E-state index < -0.39 is 5.72 Å². The summed E-state index contributed by atoms with van der Waals surface area (Å²) in [5.41, 5.74) is 1.01. The first-order valence-electron chi connectivity index (χ1n) is 7.38. The Morgan fingerprint density at radius 1 is 1.22 bits per heavy atom. The lowest BCUT2D eigenvalue weighted by Crippen LogP contribution is -2.42. The van der Waals surface area contributed by atoms with E-state index in [9.17, 15) is 14.7 Å². The van der Waals surface area contributed by atoms with Crippen LogP contribution in [0.4, 0.5) is 0 Å². The Hall–Kier alpha value is -2.66. The predicted octanol–water partition coefficient (Wildman–Crippen LogP) is 1.52. The molecule has 1 atom stereocenters. The van der Waals surface area contributed by atoms with Gasteiger partial charge in [-0.2, -0.15) is 0 Å². The van der Waals surface area contributed by atoms with Crippen molar-refractivity contribution in [2.75, 3.05) is 14.1 Å². The Morgan fingerprint density at radius 3 is 2.70 bits per heavy atom. The van der Waals surface area contributed by atoms with Gasteiger partial charge in [0.05, 0.1) is 0 Å². The number of benzene rings is 2. The fourth-order valence-electron chi connectivity index (χ4n) is 3.01. The van der Waals surface area contributed by atoms with Crippen LogP contribution >= 0.6 is 0 Å². The van der Waals surface area contributed by atoms with Gasteiger partial charge in [0, 0.05) is 37.2 Å². The number of fused-ring (bicyclic) bond motifs is 1. The van der Waals surface area contributed by atoms with E-state index in [4.69, 9.17) is 0 Å².